The molecule has 0 aromatic heterocycles. The fourth-order valence-electron chi connectivity index (χ4n) is 1.84. The number of nitrogens with one attached hydrogen (secondary N) is 1. The van der Waals surface area contributed by atoms with Crippen LogP contribution in [0.5, 0.6) is 0 Å². The second-order valence-electron chi connectivity index (χ2n) is 3.96. The molecule has 2 rings (SSSR count). The third-order valence-corrected chi connectivity index (χ3v) is 2.80. The highest BCUT2D eigenvalue weighted by Gasteiger charge is 2.14. The number of ether oxygens (including phenoxy) is 1. The molecule has 4 heteroatoms. The van der Waals surface area contributed by atoms with E-state index in [0.717, 1.165) is 26.3 Å². The molecule has 0 saturated carbocycles. The number of hydrogen-bond acceptors (Lipinski definition) is 3. The van der Waals surface area contributed by atoms with Crippen LogP contribution in [0.4, 0.5) is 0 Å². The number of amides is 1. The van der Waals surface area contributed by atoms with Gasteiger partial charge in [0.25, 0.3) is 0 Å². The zero-order valence-corrected chi connectivity index (χ0v) is 9.11. The topological polar surface area (TPSA) is 64.4 Å². The first kappa shape index (κ1) is 11.1. The summed E-state index contributed by atoms with van der Waals surface area (Å²) in [5.74, 6) is -0.0359. The summed E-state index contributed by atoms with van der Waals surface area (Å²) in [5, 5.41) is 3.32. The summed E-state index contributed by atoms with van der Waals surface area (Å²) in [6.45, 7) is 3.30. The van der Waals surface area contributed by atoms with E-state index in [0.29, 0.717) is 11.5 Å². The maximum atomic E-state index is 10.9. The van der Waals surface area contributed by atoms with E-state index in [4.69, 9.17) is 10.5 Å². The molecule has 1 aliphatic rings. The Morgan fingerprint density at radius 1 is 1.38 bits per heavy atom. The first-order valence-corrected chi connectivity index (χ1v) is 5.45. The molecule has 86 valence electrons. The third kappa shape index (κ3) is 2.59. The molecule has 0 radical (unpaired) electrons. The van der Waals surface area contributed by atoms with Gasteiger partial charge in [-0.1, -0.05) is 12.1 Å². The van der Waals surface area contributed by atoms with Crippen LogP contribution < -0.4 is 11.1 Å². The highest BCUT2D eigenvalue weighted by molar-refractivity contribution is 5.92. The third-order valence-electron chi connectivity index (χ3n) is 2.80. The molecule has 1 amide bonds. The van der Waals surface area contributed by atoms with E-state index in [1.165, 1.54) is 5.56 Å². The number of nitrogens with two attached hydrogens (primary N) is 1. The molecular formula is C12H16N2O2. The van der Waals surface area contributed by atoms with Gasteiger partial charge in [0.1, 0.15) is 0 Å². The Morgan fingerprint density at radius 2 is 2.12 bits per heavy atom. The Morgan fingerprint density at radius 3 is 2.81 bits per heavy atom. The molecule has 1 aliphatic heterocycles. The highest BCUT2D eigenvalue weighted by atomic mass is 16.5. The molecule has 1 aromatic rings. The predicted molar refractivity (Wildman–Crippen MR) is 61.4 cm³/mol. The van der Waals surface area contributed by atoms with Crippen LogP contribution in [0, 0.1) is 0 Å². The maximum absolute atomic E-state index is 10.9. The fourth-order valence-corrected chi connectivity index (χ4v) is 1.84. The van der Waals surface area contributed by atoms with Crippen LogP contribution in [-0.2, 0) is 4.74 Å². The number of carbonyl (C=O) groups excluding carboxylic acids is 1. The minimum atomic E-state index is -0.387. The zero-order valence-electron chi connectivity index (χ0n) is 9.11. The largest absolute Gasteiger partial charge is 0.379 e. The van der Waals surface area contributed by atoms with Gasteiger partial charge < -0.3 is 15.8 Å². The quantitative estimate of drug-likeness (QED) is 0.762. The molecule has 0 aliphatic carbocycles. The summed E-state index contributed by atoms with van der Waals surface area (Å²) in [6, 6.07) is 7.42. The van der Waals surface area contributed by atoms with E-state index in [1.54, 1.807) is 12.1 Å². The standard InChI is InChI=1S/C12H16N2O2/c13-12(15)10-3-1-9(2-4-10)11-7-14-5-6-16-8-11/h1-4,11,14H,5-8H2,(H2,13,15). The van der Waals surface area contributed by atoms with Gasteiger partial charge in [-0.2, -0.15) is 0 Å². The second-order valence-corrected chi connectivity index (χ2v) is 3.96. The molecule has 0 bridgehead atoms. The van der Waals surface area contributed by atoms with Gasteiger partial charge >= 0.3 is 0 Å². The van der Waals surface area contributed by atoms with Crippen LogP contribution in [0.15, 0.2) is 24.3 Å². The number of carbonyl (C=O) groups is 1. The smallest absolute Gasteiger partial charge is 0.248 e. The Balaban J connectivity index is 2.10. The van der Waals surface area contributed by atoms with Crippen LogP contribution in [0.2, 0.25) is 0 Å². The van der Waals surface area contributed by atoms with Crippen molar-refractivity contribution < 1.29 is 9.53 Å². The van der Waals surface area contributed by atoms with Crippen molar-refractivity contribution in [2.75, 3.05) is 26.3 Å². The van der Waals surface area contributed by atoms with Crippen LogP contribution in [0.1, 0.15) is 21.8 Å². The Hall–Kier alpha value is -1.39. The average Bonchev–Trinajstić information content (AvgIpc) is 2.57. The van der Waals surface area contributed by atoms with E-state index in [1.807, 2.05) is 12.1 Å². The van der Waals surface area contributed by atoms with Crippen molar-refractivity contribution >= 4 is 5.91 Å². The van der Waals surface area contributed by atoms with Crippen molar-refractivity contribution in [2.24, 2.45) is 5.73 Å². The Labute approximate surface area is 94.8 Å². The summed E-state index contributed by atoms with van der Waals surface area (Å²) in [4.78, 5) is 10.9. The summed E-state index contributed by atoms with van der Waals surface area (Å²) >= 11 is 0. The van der Waals surface area contributed by atoms with Gasteiger partial charge in [0.05, 0.1) is 13.2 Å². The summed E-state index contributed by atoms with van der Waals surface area (Å²) in [6.07, 6.45) is 0. The normalized spacial score (nSPS) is 21.4. The van der Waals surface area contributed by atoms with Crippen molar-refractivity contribution in [3.8, 4) is 0 Å². The van der Waals surface area contributed by atoms with Crippen molar-refractivity contribution in [3.05, 3.63) is 35.4 Å². The fraction of sp³-hybridized carbons (Fsp3) is 0.417. The molecular weight excluding hydrogens is 204 g/mol. The van der Waals surface area contributed by atoms with Crippen LogP contribution >= 0.6 is 0 Å². The summed E-state index contributed by atoms with van der Waals surface area (Å²) < 4.78 is 5.49. The zero-order chi connectivity index (χ0) is 11.4. The van der Waals surface area contributed by atoms with Crippen LogP contribution in [0.25, 0.3) is 0 Å². The van der Waals surface area contributed by atoms with Gasteiger partial charge in [0.15, 0.2) is 0 Å². The molecule has 1 atom stereocenters. The summed E-state index contributed by atoms with van der Waals surface area (Å²) in [5.41, 5.74) is 6.92. The molecule has 1 unspecified atom stereocenters. The molecule has 3 N–H and O–H groups in total. The number of hydrogen-bond donors (Lipinski definition) is 2. The number of rotatable bonds is 2. The van der Waals surface area contributed by atoms with Gasteiger partial charge in [-0.3, -0.25) is 4.79 Å². The average molecular weight is 220 g/mol. The van der Waals surface area contributed by atoms with E-state index in [-0.39, 0.29) is 5.91 Å². The first-order chi connectivity index (χ1) is 7.77. The highest BCUT2D eigenvalue weighted by Crippen LogP contribution is 2.17. The molecule has 4 nitrogen and oxygen atoms in total. The predicted octanol–water partition coefficient (Wildman–Crippen LogP) is 0.489. The lowest BCUT2D eigenvalue weighted by atomic mass is 9.98. The van der Waals surface area contributed by atoms with E-state index >= 15 is 0 Å². The summed E-state index contributed by atoms with van der Waals surface area (Å²) in [7, 11) is 0. The first-order valence-electron chi connectivity index (χ1n) is 5.45. The van der Waals surface area contributed by atoms with Gasteiger partial charge in [0, 0.05) is 24.6 Å². The van der Waals surface area contributed by atoms with E-state index in [9.17, 15) is 4.79 Å². The SMILES string of the molecule is NC(=O)c1ccc(C2CNCCOC2)cc1. The molecule has 16 heavy (non-hydrogen) atoms. The van der Waals surface area contributed by atoms with Crippen molar-refractivity contribution in [1.29, 1.82) is 0 Å². The van der Waals surface area contributed by atoms with Gasteiger partial charge in [-0.05, 0) is 17.7 Å². The monoisotopic (exact) mass is 220 g/mol. The minimum absolute atomic E-state index is 0.351. The molecule has 1 aromatic carbocycles. The molecule has 1 saturated heterocycles. The lowest BCUT2D eigenvalue weighted by Gasteiger charge is -2.14. The van der Waals surface area contributed by atoms with Gasteiger partial charge in [-0.25, -0.2) is 0 Å². The van der Waals surface area contributed by atoms with E-state index in [2.05, 4.69) is 5.32 Å². The Bertz CT molecular complexity index is 354. The molecule has 1 fully saturated rings. The Kier molecular flexibility index (Phi) is 3.54. The molecule has 0 spiro atoms. The van der Waals surface area contributed by atoms with Crippen molar-refractivity contribution in [1.82, 2.24) is 5.32 Å². The maximum Gasteiger partial charge on any atom is 0.248 e. The van der Waals surface area contributed by atoms with Crippen LogP contribution in [-0.4, -0.2) is 32.2 Å². The van der Waals surface area contributed by atoms with E-state index < -0.39 is 0 Å². The van der Waals surface area contributed by atoms with Gasteiger partial charge in [0.2, 0.25) is 5.91 Å². The van der Waals surface area contributed by atoms with Crippen LogP contribution in [0.3, 0.4) is 0 Å². The number of primary amides is 1. The lowest BCUT2D eigenvalue weighted by Crippen LogP contribution is -2.21. The minimum Gasteiger partial charge on any atom is -0.379 e. The molecule has 1 heterocycles. The van der Waals surface area contributed by atoms with Crippen molar-refractivity contribution in [2.45, 2.75) is 5.92 Å². The second kappa shape index (κ2) is 5.09. The lowest BCUT2D eigenvalue weighted by molar-refractivity contribution is 0.100. The van der Waals surface area contributed by atoms with Gasteiger partial charge in [-0.15, -0.1) is 0 Å². The number of benzene rings is 1. The van der Waals surface area contributed by atoms with Crippen molar-refractivity contribution in [3.63, 3.8) is 0 Å².